The van der Waals surface area contributed by atoms with Gasteiger partial charge in [0.25, 0.3) is 0 Å². The molecule has 2 rings (SSSR count). The van der Waals surface area contributed by atoms with E-state index in [0.29, 0.717) is 0 Å². The Bertz CT molecular complexity index is 519. The lowest BCUT2D eigenvalue weighted by molar-refractivity contribution is 0.795. The second-order valence-corrected chi connectivity index (χ2v) is 6.08. The van der Waals surface area contributed by atoms with Gasteiger partial charge in [0.1, 0.15) is 0 Å². The van der Waals surface area contributed by atoms with Crippen LogP contribution in [0.15, 0.2) is 55.1 Å². The Labute approximate surface area is 135 Å². The van der Waals surface area contributed by atoms with Crippen molar-refractivity contribution in [2.24, 2.45) is 0 Å². The first-order chi connectivity index (χ1) is 10.7. The summed E-state index contributed by atoms with van der Waals surface area (Å²) in [5, 5.41) is 0. The summed E-state index contributed by atoms with van der Waals surface area (Å²) in [6.07, 6.45) is 7.38. The summed E-state index contributed by atoms with van der Waals surface area (Å²) >= 11 is 0. The molecule has 2 aromatic carbocycles. The number of hydrogen-bond donors (Lipinski definition) is 0. The molecule has 0 heterocycles. The normalized spacial score (nSPS) is 10.6. The summed E-state index contributed by atoms with van der Waals surface area (Å²) in [7, 11) is 0. The Morgan fingerprint density at radius 2 is 1.05 bits per heavy atom. The molecule has 0 N–H and O–H groups in total. The van der Waals surface area contributed by atoms with Crippen molar-refractivity contribution in [3.63, 3.8) is 0 Å². The van der Waals surface area contributed by atoms with Gasteiger partial charge in [0.05, 0.1) is 0 Å². The van der Waals surface area contributed by atoms with Gasteiger partial charge < -0.3 is 0 Å². The van der Waals surface area contributed by atoms with E-state index in [4.69, 9.17) is 0 Å². The maximum Gasteiger partial charge on any atom is -0.0183 e. The van der Waals surface area contributed by atoms with Crippen LogP contribution >= 0.6 is 0 Å². The quantitative estimate of drug-likeness (QED) is 0.525. The molecule has 0 bridgehead atoms. The average Bonchev–Trinajstić information content (AvgIpc) is 2.58. The average molecular weight is 292 g/mol. The van der Waals surface area contributed by atoms with Crippen LogP contribution in [0.5, 0.6) is 0 Å². The third-order valence-electron chi connectivity index (χ3n) is 4.24. The minimum atomic E-state index is 1.11. The summed E-state index contributed by atoms with van der Waals surface area (Å²) in [6, 6.07) is 17.8. The van der Waals surface area contributed by atoms with Crippen molar-refractivity contribution < 1.29 is 0 Å². The van der Waals surface area contributed by atoms with E-state index in [9.17, 15) is 0 Å². The second-order valence-electron chi connectivity index (χ2n) is 6.08. The molecule has 0 atom stereocenters. The van der Waals surface area contributed by atoms with Gasteiger partial charge in [-0.3, -0.25) is 0 Å². The zero-order valence-corrected chi connectivity index (χ0v) is 14.1. The van der Waals surface area contributed by atoms with Crippen molar-refractivity contribution in [1.82, 2.24) is 0 Å². The summed E-state index contributed by atoms with van der Waals surface area (Å²) in [4.78, 5) is 0. The Morgan fingerprint density at radius 1 is 0.682 bits per heavy atom. The lowest BCUT2D eigenvalue weighted by atomic mass is 9.96. The van der Waals surface area contributed by atoms with E-state index in [0.717, 1.165) is 5.57 Å². The van der Waals surface area contributed by atoms with Gasteiger partial charge in [0, 0.05) is 0 Å². The molecule has 0 aliphatic carbocycles. The molecular formula is C22H28. The van der Waals surface area contributed by atoms with Crippen LogP contribution in [0.2, 0.25) is 0 Å². The Morgan fingerprint density at radius 3 is 1.36 bits per heavy atom. The van der Waals surface area contributed by atoms with Gasteiger partial charge in [-0.15, -0.1) is 0 Å². The number of unbranched alkanes of at least 4 members (excludes halogenated alkanes) is 2. The first-order valence-electron chi connectivity index (χ1n) is 8.62. The molecule has 0 nitrogen and oxygen atoms in total. The van der Waals surface area contributed by atoms with Crippen LogP contribution in [0, 0.1) is 0 Å². The number of benzene rings is 2. The maximum absolute atomic E-state index is 4.28. The highest BCUT2D eigenvalue weighted by atomic mass is 14.1. The van der Waals surface area contributed by atoms with Crippen molar-refractivity contribution in [3.05, 3.63) is 77.4 Å². The molecule has 0 spiro atoms. The van der Waals surface area contributed by atoms with Gasteiger partial charge in [0.2, 0.25) is 0 Å². The summed E-state index contributed by atoms with van der Waals surface area (Å²) < 4.78 is 0. The zero-order chi connectivity index (χ0) is 15.8. The molecule has 0 aliphatic heterocycles. The van der Waals surface area contributed by atoms with Crippen molar-refractivity contribution in [1.29, 1.82) is 0 Å². The van der Waals surface area contributed by atoms with Crippen LogP contribution in [0.1, 0.15) is 61.8 Å². The molecule has 0 amide bonds. The molecule has 0 unspecified atom stereocenters. The van der Waals surface area contributed by atoms with Crippen LogP contribution in [-0.4, -0.2) is 0 Å². The molecule has 116 valence electrons. The van der Waals surface area contributed by atoms with E-state index in [-0.39, 0.29) is 0 Å². The Balaban J connectivity index is 2.04. The topological polar surface area (TPSA) is 0 Å². The van der Waals surface area contributed by atoms with Crippen LogP contribution < -0.4 is 0 Å². The number of aryl methyl sites for hydroxylation is 2. The Hall–Kier alpha value is -1.82. The predicted molar refractivity (Wildman–Crippen MR) is 98.2 cm³/mol. The standard InChI is InChI=1S/C22H28/c1-4-6-8-19-10-14-21(15-11-19)18(3)22-16-12-20(13-17-22)9-7-5-2/h10-17H,3-9H2,1-2H3. The molecule has 2 aromatic rings. The lowest BCUT2D eigenvalue weighted by Gasteiger charge is -2.09. The lowest BCUT2D eigenvalue weighted by Crippen LogP contribution is -1.90. The van der Waals surface area contributed by atoms with Crippen molar-refractivity contribution >= 4 is 5.57 Å². The monoisotopic (exact) mass is 292 g/mol. The predicted octanol–water partition coefficient (Wildman–Crippen LogP) is 6.43. The fraction of sp³-hybridized carbons (Fsp3) is 0.364. The number of rotatable bonds is 8. The van der Waals surface area contributed by atoms with Crippen molar-refractivity contribution in [2.45, 2.75) is 52.4 Å². The SMILES string of the molecule is C=C(c1ccc(CCCC)cc1)c1ccc(CCCC)cc1. The van der Waals surface area contributed by atoms with Gasteiger partial charge in [0.15, 0.2) is 0 Å². The van der Waals surface area contributed by atoms with Crippen LogP contribution in [-0.2, 0) is 12.8 Å². The zero-order valence-electron chi connectivity index (χ0n) is 14.1. The molecule has 0 radical (unpaired) electrons. The summed E-state index contributed by atoms with van der Waals surface area (Å²) in [6.45, 7) is 8.75. The molecule has 0 saturated carbocycles. The van der Waals surface area contributed by atoms with Gasteiger partial charge in [-0.1, -0.05) is 81.8 Å². The number of hydrogen-bond acceptors (Lipinski definition) is 0. The van der Waals surface area contributed by atoms with E-state index in [1.165, 1.54) is 60.8 Å². The minimum absolute atomic E-state index is 1.11. The highest BCUT2D eigenvalue weighted by molar-refractivity contribution is 5.78. The van der Waals surface area contributed by atoms with E-state index in [1.54, 1.807) is 0 Å². The summed E-state index contributed by atoms with van der Waals surface area (Å²) in [5.74, 6) is 0. The first-order valence-corrected chi connectivity index (χ1v) is 8.62. The Kier molecular flexibility index (Phi) is 6.45. The maximum atomic E-state index is 4.28. The fourth-order valence-corrected chi connectivity index (χ4v) is 2.67. The molecule has 0 saturated heterocycles. The second kappa shape index (κ2) is 8.58. The minimum Gasteiger partial charge on any atom is -0.0906 e. The van der Waals surface area contributed by atoms with Crippen LogP contribution in [0.25, 0.3) is 5.57 Å². The van der Waals surface area contributed by atoms with E-state index < -0.39 is 0 Å². The highest BCUT2D eigenvalue weighted by Crippen LogP contribution is 2.23. The van der Waals surface area contributed by atoms with Gasteiger partial charge in [-0.05, 0) is 53.5 Å². The van der Waals surface area contributed by atoms with Gasteiger partial charge in [-0.2, -0.15) is 0 Å². The molecule has 0 fully saturated rings. The molecule has 0 heteroatoms. The summed E-state index contributed by atoms with van der Waals surface area (Å²) in [5.41, 5.74) is 6.41. The molecular weight excluding hydrogens is 264 g/mol. The largest absolute Gasteiger partial charge is 0.0906 e. The van der Waals surface area contributed by atoms with Gasteiger partial charge in [-0.25, -0.2) is 0 Å². The highest BCUT2D eigenvalue weighted by Gasteiger charge is 2.03. The van der Waals surface area contributed by atoms with Crippen LogP contribution in [0.3, 0.4) is 0 Å². The van der Waals surface area contributed by atoms with Crippen molar-refractivity contribution in [3.8, 4) is 0 Å². The molecule has 0 aromatic heterocycles. The molecule has 0 aliphatic rings. The first kappa shape index (κ1) is 16.5. The van der Waals surface area contributed by atoms with Crippen LogP contribution in [0.4, 0.5) is 0 Å². The smallest absolute Gasteiger partial charge is 0.0183 e. The van der Waals surface area contributed by atoms with E-state index in [2.05, 4.69) is 69.0 Å². The van der Waals surface area contributed by atoms with Gasteiger partial charge >= 0.3 is 0 Å². The molecule has 22 heavy (non-hydrogen) atoms. The third-order valence-corrected chi connectivity index (χ3v) is 4.24. The van der Waals surface area contributed by atoms with E-state index in [1.807, 2.05) is 0 Å². The van der Waals surface area contributed by atoms with Crippen molar-refractivity contribution in [2.75, 3.05) is 0 Å². The fourth-order valence-electron chi connectivity index (χ4n) is 2.67. The third kappa shape index (κ3) is 4.59. The van der Waals surface area contributed by atoms with E-state index >= 15 is 0 Å².